The second-order valence-electron chi connectivity index (χ2n) is 6.46. The summed E-state index contributed by atoms with van der Waals surface area (Å²) in [6.07, 6.45) is 2.43. The molecule has 1 fully saturated rings. The van der Waals surface area contributed by atoms with Gasteiger partial charge >= 0.3 is 0 Å². The lowest BCUT2D eigenvalue weighted by Gasteiger charge is -2.22. The molecule has 4 nitrogen and oxygen atoms in total. The van der Waals surface area contributed by atoms with Gasteiger partial charge in [-0.05, 0) is 43.0 Å². The lowest BCUT2D eigenvalue weighted by molar-refractivity contribution is -0.115. The number of aromatic nitrogens is 1. The minimum atomic E-state index is -0.0188. The number of rotatable bonds is 5. The molecule has 3 heterocycles. The first-order valence-corrected chi connectivity index (χ1v) is 10.6. The summed E-state index contributed by atoms with van der Waals surface area (Å²) in [6.45, 7) is 3.52. The Bertz CT molecular complexity index is 860. The Balaban J connectivity index is 1.53. The summed E-state index contributed by atoms with van der Waals surface area (Å²) < 4.78 is 0. The summed E-state index contributed by atoms with van der Waals surface area (Å²) in [4.78, 5) is 22.6. The van der Waals surface area contributed by atoms with Gasteiger partial charge in [0.1, 0.15) is 0 Å². The molecular formula is C20H21N3OS2. The topological polar surface area (TPSA) is 36.4 Å². The number of amides is 1. The molecule has 0 bridgehead atoms. The van der Waals surface area contributed by atoms with Gasteiger partial charge in [0.25, 0.3) is 0 Å². The third kappa shape index (κ3) is 3.58. The van der Waals surface area contributed by atoms with E-state index in [2.05, 4.69) is 27.8 Å². The van der Waals surface area contributed by atoms with Crippen LogP contribution in [0, 0.1) is 0 Å². The highest BCUT2D eigenvalue weighted by Gasteiger charge is 2.27. The maximum absolute atomic E-state index is 12.2. The number of thiazole rings is 1. The zero-order chi connectivity index (χ0) is 17.9. The van der Waals surface area contributed by atoms with Crippen molar-refractivity contribution in [2.45, 2.75) is 32.4 Å². The largest absolute Gasteiger partial charge is 0.290 e. The van der Waals surface area contributed by atoms with E-state index >= 15 is 0 Å². The Morgan fingerprint density at radius 3 is 2.81 bits per heavy atom. The number of hydrogen-bond acceptors (Lipinski definition) is 5. The van der Waals surface area contributed by atoms with Gasteiger partial charge < -0.3 is 0 Å². The van der Waals surface area contributed by atoms with Gasteiger partial charge in [0.15, 0.2) is 5.13 Å². The molecule has 0 radical (unpaired) electrons. The van der Waals surface area contributed by atoms with E-state index in [1.165, 1.54) is 29.1 Å². The lowest BCUT2D eigenvalue weighted by atomic mass is 10.2. The van der Waals surface area contributed by atoms with Gasteiger partial charge in [0.2, 0.25) is 5.91 Å². The summed E-state index contributed by atoms with van der Waals surface area (Å²) in [5.74, 6) is -0.0188. The van der Waals surface area contributed by atoms with Gasteiger partial charge in [0.05, 0.1) is 11.4 Å². The third-order valence-electron chi connectivity index (χ3n) is 4.66. The van der Waals surface area contributed by atoms with Crippen LogP contribution in [-0.4, -0.2) is 22.3 Å². The Labute approximate surface area is 161 Å². The molecule has 4 rings (SSSR count). The summed E-state index contributed by atoms with van der Waals surface area (Å²) in [5, 5.41) is 4.97. The second-order valence-corrected chi connectivity index (χ2v) is 8.27. The van der Waals surface area contributed by atoms with Crippen molar-refractivity contribution in [2.24, 2.45) is 0 Å². The lowest BCUT2D eigenvalue weighted by Crippen LogP contribution is -2.24. The van der Waals surface area contributed by atoms with Crippen molar-refractivity contribution in [3.63, 3.8) is 0 Å². The Morgan fingerprint density at radius 2 is 2.08 bits per heavy atom. The SMILES string of the molecule is CC(=O)N(c1ccccc1)c1nc(CN2CCC[C@H]2c2cccs2)cs1. The number of carbonyl (C=O) groups excluding carboxylic acids is 1. The smallest absolute Gasteiger partial charge is 0.230 e. The van der Waals surface area contributed by atoms with Crippen molar-refractivity contribution < 1.29 is 4.79 Å². The average Bonchev–Trinajstić information content (AvgIpc) is 3.38. The van der Waals surface area contributed by atoms with Crippen molar-refractivity contribution in [2.75, 3.05) is 11.4 Å². The normalized spacial score (nSPS) is 17.5. The molecule has 0 unspecified atom stereocenters. The number of thiophene rings is 1. The summed E-state index contributed by atoms with van der Waals surface area (Å²) in [5.41, 5.74) is 1.90. The highest BCUT2D eigenvalue weighted by Crippen LogP contribution is 2.36. The molecule has 1 aliphatic rings. The van der Waals surface area contributed by atoms with Gasteiger partial charge in [-0.1, -0.05) is 24.3 Å². The number of carbonyl (C=O) groups is 1. The summed E-state index contributed by atoms with van der Waals surface area (Å²) in [7, 11) is 0. The highest BCUT2D eigenvalue weighted by molar-refractivity contribution is 7.14. The molecule has 6 heteroatoms. The Kier molecular flexibility index (Phi) is 5.15. The van der Waals surface area contributed by atoms with Crippen LogP contribution in [0.25, 0.3) is 0 Å². The first kappa shape index (κ1) is 17.4. The van der Waals surface area contributed by atoms with E-state index in [4.69, 9.17) is 4.98 Å². The molecule has 0 N–H and O–H groups in total. The fraction of sp³-hybridized carbons (Fsp3) is 0.300. The predicted octanol–water partition coefficient (Wildman–Crippen LogP) is 5.23. The van der Waals surface area contributed by atoms with Crippen molar-refractivity contribution in [1.82, 2.24) is 9.88 Å². The van der Waals surface area contributed by atoms with E-state index in [1.807, 2.05) is 41.7 Å². The summed E-state index contributed by atoms with van der Waals surface area (Å²) in [6, 6.07) is 14.6. The molecular weight excluding hydrogens is 362 g/mol. The molecule has 1 atom stereocenters. The van der Waals surface area contributed by atoms with Crippen LogP contribution in [0.4, 0.5) is 10.8 Å². The first-order chi connectivity index (χ1) is 12.7. The molecule has 0 spiro atoms. The zero-order valence-electron chi connectivity index (χ0n) is 14.7. The van der Waals surface area contributed by atoms with E-state index in [0.29, 0.717) is 6.04 Å². The second kappa shape index (κ2) is 7.70. The van der Waals surface area contributed by atoms with E-state index < -0.39 is 0 Å². The number of likely N-dealkylation sites (tertiary alicyclic amines) is 1. The molecule has 0 saturated carbocycles. The molecule has 1 aromatic carbocycles. The zero-order valence-corrected chi connectivity index (χ0v) is 16.3. The van der Waals surface area contributed by atoms with Crippen LogP contribution in [0.1, 0.15) is 36.4 Å². The van der Waals surface area contributed by atoms with Crippen LogP contribution >= 0.6 is 22.7 Å². The Morgan fingerprint density at radius 1 is 1.23 bits per heavy atom. The van der Waals surface area contributed by atoms with Crippen LogP contribution in [0.2, 0.25) is 0 Å². The first-order valence-electron chi connectivity index (χ1n) is 8.80. The van der Waals surface area contributed by atoms with Gasteiger partial charge in [-0.25, -0.2) is 4.98 Å². The maximum Gasteiger partial charge on any atom is 0.230 e. The van der Waals surface area contributed by atoms with Gasteiger partial charge in [-0.3, -0.25) is 14.6 Å². The summed E-state index contributed by atoms with van der Waals surface area (Å²) >= 11 is 3.37. The average molecular weight is 384 g/mol. The van der Waals surface area contributed by atoms with E-state index in [0.717, 1.165) is 29.6 Å². The molecule has 1 saturated heterocycles. The van der Waals surface area contributed by atoms with Crippen LogP contribution in [-0.2, 0) is 11.3 Å². The van der Waals surface area contributed by atoms with Gasteiger partial charge in [-0.15, -0.1) is 22.7 Å². The number of para-hydroxylation sites is 1. The minimum absolute atomic E-state index is 0.0188. The minimum Gasteiger partial charge on any atom is -0.290 e. The van der Waals surface area contributed by atoms with E-state index in [1.54, 1.807) is 11.8 Å². The monoisotopic (exact) mass is 383 g/mol. The molecule has 1 aliphatic heterocycles. The molecule has 1 amide bonds. The van der Waals surface area contributed by atoms with Crippen molar-refractivity contribution in [1.29, 1.82) is 0 Å². The van der Waals surface area contributed by atoms with Crippen molar-refractivity contribution >= 4 is 39.4 Å². The number of nitrogens with zero attached hydrogens (tertiary/aromatic N) is 3. The highest BCUT2D eigenvalue weighted by atomic mass is 32.1. The number of anilines is 2. The van der Waals surface area contributed by atoms with Crippen LogP contribution in [0.3, 0.4) is 0 Å². The van der Waals surface area contributed by atoms with Crippen molar-refractivity contribution in [3.05, 3.63) is 63.8 Å². The van der Waals surface area contributed by atoms with Gasteiger partial charge in [0, 0.05) is 29.8 Å². The number of hydrogen-bond donors (Lipinski definition) is 0. The predicted molar refractivity (Wildman–Crippen MR) is 108 cm³/mol. The van der Waals surface area contributed by atoms with Crippen molar-refractivity contribution in [3.8, 4) is 0 Å². The molecule has 134 valence electrons. The van der Waals surface area contributed by atoms with Crippen LogP contribution in [0.5, 0.6) is 0 Å². The maximum atomic E-state index is 12.2. The molecule has 0 aliphatic carbocycles. The Hall–Kier alpha value is -2.02. The molecule has 3 aromatic rings. The number of benzene rings is 1. The molecule has 26 heavy (non-hydrogen) atoms. The van der Waals surface area contributed by atoms with Crippen LogP contribution < -0.4 is 4.90 Å². The van der Waals surface area contributed by atoms with E-state index in [-0.39, 0.29) is 5.91 Å². The fourth-order valence-corrected chi connectivity index (χ4v) is 5.28. The quantitative estimate of drug-likeness (QED) is 0.605. The van der Waals surface area contributed by atoms with Gasteiger partial charge in [-0.2, -0.15) is 0 Å². The fourth-order valence-electron chi connectivity index (χ4n) is 3.50. The van der Waals surface area contributed by atoms with E-state index in [9.17, 15) is 4.79 Å². The standard InChI is InChI=1S/C20H21N3OS2/c1-15(24)23(17-7-3-2-4-8-17)20-21-16(14-26-20)13-22-11-5-9-18(22)19-10-6-12-25-19/h2-4,6-8,10,12,14,18H,5,9,11,13H2,1H3/t18-/m0/s1. The van der Waals surface area contributed by atoms with Crippen LogP contribution in [0.15, 0.2) is 53.2 Å². The third-order valence-corrected chi connectivity index (χ3v) is 6.51. The molecule has 2 aromatic heterocycles.